The van der Waals surface area contributed by atoms with Crippen LogP contribution in [0.2, 0.25) is 5.02 Å². The molecule has 2 unspecified atom stereocenters. The molecule has 2 fully saturated rings. The number of H-pyrrole nitrogens is 1. The van der Waals surface area contributed by atoms with Gasteiger partial charge in [-0.05, 0) is 69.0 Å². The van der Waals surface area contributed by atoms with E-state index in [0.29, 0.717) is 35.1 Å². The van der Waals surface area contributed by atoms with E-state index in [4.69, 9.17) is 30.8 Å². The maximum atomic E-state index is 13.1. The number of aromatic amines is 1. The van der Waals surface area contributed by atoms with E-state index in [-0.39, 0.29) is 23.5 Å². The predicted octanol–water partition coefficient (Wildman–Crippen LogP) is 6.49. The molecule has 5 aromatic rings. The number of fused-ring (bicyclic) bond motifs is 2. The molecule has 15 heteroatoms. The fourth-order valence-corrected chi connectivity index (χ4v) is 6.96. The molecule has 0 aliphatic carbocycles. The van der Waals surface area contributed by atoms with E-state index in [0.717, 1.165) is 68.0 Å². The molecule has 4 aromatic heterocycles. The summed E-state index contributed by atoms with van der Waals surface area (Å²) in [5.74, 6) is 0.314. The Morgan fingerprint density at radius 2 is 1.90 bits per heavy atom. The van der Waals surface area contributed by atoms with Crippen molar-refractivity contribution in [3.05, 3.63) is 76.7 Å². The Balaban J connectivity index is 1.00. The molecule has 0 bridgehead atoms. The van der Waals surface area contributed by atoms with Gasteiger partial charge in [0.05, 0.1) is 41.4 Å². The normalized spacial score (nSPS) is 21.8. The molecule has 1 N–H and O–H groups in total. The quantitative estimate of drug-likeness (QED) is 0.206. The molecule has 2 atom stereocenters. The Labute approximate surface area is 278 Å². The van der Waals surface area contributed by atoms with Gasteiger partial charge in [-0.2, -0.15) is 13.2 Å². The average molecular weight is 681 g/mol. The topological polar surface area (TPSA) is 116 Å². The predicted molar refractivity (Wildman–Crippen MR) is 168 cm³/mol. The number of pyridine rings is 2. The molecule has 0 spiro atoms. The fraction of sp³-hybridized carbons (Fsp3) is 0.424. The van der Waals surface area contributed by atoms with Crippen LogP contribution in [0.1, 0.15) is 61.4 Å². The molecule has 11 nitrogen and oxygen atoms in total. The van der Waals surface area contributed by atoms with Gasteiger partial charge in [0.1, 0.15) is 17.2 Å². The second-order valence-corrected chi connectivity index (χ2v) is 13.0. The largest absolute Gasteiger partial charge is 0.451 e. The van der Waals surface area contributed by atoms with E-state index in [1.54, 1.807) is 24.5 Å². The van der Waals surface area contributed by atoms with Gasteiger partial charge in [-0.1, -0.05) is 23.7 Å². The monoisotopic (exact) mass is 680 g/mol. The van der Waals surface area contributed by atoms with Crippen molar-refractivity contribution in [2.75, 3.05) is 19.7 Å². The Bertz CT molecular complexity index is 1950. The summed E-state index contributed by atoms with van der Waals surface area (Å²) in [7, 11) is 0. The van der Waals surface area contributed by atoms with E-state index in [1.165, 1.54) is 0 Å². The van der Waals surface area contributed by atoms with Crippen molar-refractivity contribution >= 4 is 22.6 Å². The van der Waals surface area contributed by atoms with Crippen LogP contribution < -0.4 is 9.47 Å². The van der Waals surface area contributed by atoms with Crippen molar-refractivity contribution in [1.82, 2.24) is 39.6 Å². The summed E-state index contributed by atoms with van der Waals surface area (Å²) >= 11 is 6.05. The molecule has 48 heavy (non-hydrogen) atoms. The minimum atomic E-state index is -4.63. The highest BCUT2D eigenvalue weighted by Crippen LogP contribution is 2.49. The Morgan fingerprint density at radius 1 is 1.04 bits per heavy atom. The first-order valence-corrected chi connectivity index (χ1v) is 16.3. The minimum Gasteiger partial charge on any atom is -0.443 e. The third-order valence-electron chi connectivity index (χ3n) is 9.32. The van der Waals surface area contributed by atoms with Crippen LogP contribution in [-0.2, 0) is 29.8 Å². The van der Waals surface area contributed by atoms with E-state index < -0.39 is 17.8 Å². The summed E-state index contributed by atoms with van der Waals surface area (Å²) in [6, 6.07) is 11.3. The number of aromatic nitrogens is 7. The summed E-state index contributed by atoms with van der Waals surface area (Å²) < 4.78 is 60.2. The first kappa shape index (κ1) is 31.0. The maximum absolute atomic E-state index is 13.1. The van der Waals surface area contributed by atoms with Gasteiger partial charge < -0.3 is 23.8 Å². The molecular weight excluding hydrogens is 649 g/mol. The van der Waals surface area contributed by atoms with Crippen molar-refractivity contribution < 1.29 is 27.4 Å². The number of piperidine rings is 1. The number of nitrogens with one attached hydrogen (secondary N) is 1. The number of benzene rings is 1. The SMILES string of the molecule is CC1(c2ccc(Cl)cn2)Oc2cccc(C3CCN(Cc4nc5cc(-c6nnc(C(F)(F)F)[nH]6)ncc5n4CC4CCCO4)CC3)c2O1. The second-order valence-electron chi connectivity index (χ2n) is 12.6. The van der Waals surface area contributed by atoms with Gasteiger partial charge in [0.2, 0.25) is 5.82 Å². The zero-order valence-corrected chi connectivity index (χ0v) is 26.8. The fourth-order valence-electron chi connectivity index (χ4n) is 6.84. The number of halogens is 4. The van der Waals surface area contributed by atoms with Crippen LogP contribution in [0.4, 0.5) is 13.2 Å². The highest BCUT2D eigenvalue weighted by Gasteiger charge is 2.42. The molecule has 250 valence electrons. The van der Waals surface area contributed by atoms with Gasteiger partial charge in [0, 0.05) is 25.3 Å². The third kappa shape index (κ3) is 5.86. The molecule has 3 aliphatic rings. The number of imidazole rings is 1. The number of rotatable bonds is 7. The van der Waals surface area contributed by atoms with Crippen molar-refractivity contribution in [3.63, 3.8) is 0 Å². The lowest BCUT2D eigenvalue weighted by Gasteiger charge is -2.32. The van der Waals surface area contributed by atoms with Crippen LogP contribution in [-0.4, -0.2) is 65.4 Å². The van der Waals surface area contributed by atoms with Gasteiger partial charge in [-0.3, -0.25) is 14.9 Å². The first-order chi connectivity index (χ1) is 23.1. The van der Waals surface area contributed by atoms with Crippen LogP contribution in [0.15, 0.2) is 48.8 Å². The molecule has 2 saturated heterocycles. The van der Waals surface area contributed by atoms with Crippen molar-refractivity contribution in [3.8, 4) is 23.0 Å². The number of likely N-dealkylation sites (tertiary alicyclic amines) is 1. The highest BCUT2D eigenvalue weighted by molar-refractivity contribution is 6.30. The van der Waals surface area contributed by atoms with E-state index in [9.17, 15) is 13.2 Å². The molecule has 0 saturated carbocycles. The molecule has 0 amide bonds. The molecule has 3 aliphatic heterocycles. The second kappa shape index (κ2) is 12.0. The summed E-state index contributed by atoms with van der Waals surface area (Å²) in [5, 5.41) is 7.46. The zero-order valence-electron chi connectivity index (χ0n) is 26.0. The lowest BCUT2D eigenvalue weighted by molar-refractivity contribution is -0.144. The van der Waals surface area contributed by atoms with Gasteiger partial charge in [-0.25, -0.2) is 4.98 Å². The van der Waals surface area contributed by atoms with Gasteiger partial charge in [-0.15, -0.1) is 10.2 Å². The summed E-state index contributed by atoms with van der Waals surface area (Å²) in [5.41, 5.74) is 3.43. The van der Waals surface area contributed by atoms with Crippen LogP contribution in [0.25, 0.3) is 22.6 Å². The van der Waals surface area contributed by atoms with Crippen LogP contribution >= 0.6 is 11.6 Å². The Morgan fingerprint density at radius 3 is 2.62 bits per heavy atom. The Hall–Kier alpha value is -4.27. The molecule has 7 heterocycles. The number of ether oxygens (including phenoxy) is 3. The third-order valence-corrected chi connectivity index (χ3v) is 9.54. The van der Waals surface area contributed by atoms with Gasteiger partial charge >= 0.3 is 6.18 Å². The van der Waals surface area contributed by atoms with Crippen LogP contribution in [0.3, 0.4) is 0 Å². The van der Waals surface area contributed by atoms with E-state index >= 15 is 0 Å². The maximum Gasteiger partial charge on any atom is 0.451 e. The lowest BCUT2D eigenvalue weighted by Crippen LogP contribution is -2.34. The summed E-state index contributed by atoms with van der Waals surface area (Å²) in [4.78, 5) is 18.4. The molecule has 8 rings (SSSR count). The number of hydrogen-bond acceptors (Lipinski definition) is 9. The van der Waals surface area contributed by atoms with Crippen molar-refractivity contribution in [1.29, 1.82) is 0 Å². The smallest absolute Gasteiger partial charge is 0.443 e. The molecule has 1 aromatic carbocycles. The van der Waals surface area contributed by atoms with Crippen molar-refractivity contribution in [2.24, 2.45) is 0 Å². The van der Waals surface area contributed by atoms with Crippen molar-refractivity contribution in [2.45, 2.75) is 69.7 Å². The number of hydrogen-bond donors (Lipinski definition) is 1. The van der Waals surface area contributed by atoms with Gasteiger partial charge in [0.15, 0.2) is 17.3 Å². The van der Waals surface area contributed by atoms with E-state index in [1.807, 2.05) is 25.1 Å². The summed E-state index contributed by atoms with van der Waals surface area (Å²) in [6.07, 6.45) is 2.45. The van der Waals surface area contributed by atoms with Gasteiger partial charge in [0.25, 0.3) is 5.79 Å². The number of nitrogens with zero attached hydrogens (tertiary/aromatic N) is 7. The number of alkyl halides is 3. The van der Waals surface area contributed by atoms with E-state index in [2.05, 4.69) is 40.7 Å². The molecular formula is C33H32ClF3N8O3. The minimum absolute atomic E-state index is 0.0614. The number of para-hydroxylation sites is 1. The standard InChI is InChI=1S/C33H32ClF3N8O3/c1-32(27-8-7-20(34)15-39-27)47-26-6-2-5-22(29(26)48-32)19-9-11-44(12-10-19)18-28-40-23-14-24(30-41-31(43-42-30)33(35,36)37)38-16-25(23)45(28)17-21-4-3-13-46-21/h2,5-8,14-16,19,21H,3-4,9-13,17-18H2,1H3,(H,41,42,43). The highest BCUT2D eigenvalue weighted by atomic mass is 35.5. The summed E-state index contributed by atoms with van der Waals surface area (Å²) in [6.45, 7) is 5.51. The first-order valence-electron chi connectivity index (χ1n) is 16.0. The van der Waals surface area contributed by atoms with Crippen LogP contribution in [0, 0.1) is 0 Å². The average Bonchev–Trinajstić information content (AvgIpc) is 3.88. The lowest BCUT2D eigenvalue weighted by atomic mass is 9.88. The Kier molecular flexibility index (Phi) is 7.76. The molecule has 0 radical (unpaired) electrons. The van der Waals surface area contributed by atoms with Crippen LogP contribution in [0.5, 0.6) is 11.5 Å². The zero-order chi connectivity index (χ0) is 33.0.